The summed E-state index contributed by atoms with van der Waals surface area (Å²) in [4.78, 5) is 28.3. The Morgan fingerprint density at radius 2 is 1.86 bits per heavy atom. The molecule has 0 unspecified atom stereocenters. The van der Waals surface area contributed by atoms with Crippen molar-refractivity contribution in [3.05, 3.63) is 35.7 Å². The summed E-state index contributed by atoms with van der Waals surface area (Å²) in [5.41, 5.74) is 2.23. The fourth-order valence-corrected chi connectivity index (χ4v) is 2.37. The van der Waals surface area contributed by atoms with Gasteiger partial charge in [-0.25, -0.2) is 0 Å². The summed E-state index contributed by atoms with van der Waals surface area (Å²) in [6.07, 6.45) is 8.53. The molecule has 156 valence electrons. The molecule has 3 N–H and O–H groups in total. The third-order valence-corrected chi connectivity index (χ3v) is 4.09. The quantitative estimate of drug-likeness (QED) is 0.190. The van der Waals surface area contributed by atoms with E-state index in [1.165, 1.54) is 0 Å². The largest absolute Gasteiger partial charge is 0.352 e. The molecule has 0 aromatic rings. The average molecular weight is 389 g/mol. The molecule has 0 aromatic heterocycles. The smallest absolute Gasteiger partial charge is 0.250 e. The third-order valence-electron chi connectivity index (χ3n) is 4.09. The van der Waals surface area contributed by atoms with Crippen LogP contribution in [0.4, 0.5) is 0 Å². The van der Waals surface area contributed by atoms with Crippen LogP contribution in [0.1, 0.15) is 66.7 Å². The van der Waals surface area contributed by atoms with Crippen molar-refractivity contribution in [2.75, 3.05) is 6.54 Å². The van der Waals surface area contributed by atoms with Gasteiger partial charge in [-0.1, -0.05) is 39.8 Å². The van der Waals surface area contributed by atoms with E-state index in [4.69, 9.17) is 5.41 Å². The number of rotatable bonds is 13. The molecular weight excluding hydrogens is 352 g/mol. The maximum Gasteiger partial charge on any atom is 0.250 e. The molecular formula is C22H36N4O2. The normalized spacial score (nSPS) is 12.4. The minimum absolute atomic E-state index is 0.0773. The van der Waals surface area contributed by atoms with Gasteiger partial charge in [-0.3, -0.25) is 14.6 Å². The van der Waals surface area contributed by atoms with Crippen LogP contribution in [-0.2, 0) is 9.59 Å². The zero-order chi connectivity index (χ0) is 21.5. The van der Waals surface area contributed by atoms with Gasteiger partial charge in [-0.2, -0.15) is 0 Å². The number of nitrogens with zero attached hydrogens (tertiary/aromatic N) is 1. The van der Waals surface area contributed by atoms with E-state index in [-0.39, 0.29) is 17.7 Å². The first-order chi connectivity index (χ1) is 13.3. The summed E-state index contributed by atoms with van der Waals surface area (Å²) < 4.78 is 0. The number of amides is 2. The third kappa shape index (κ3) is 10.6. The molecule has 2 amide bonds. The Kier molecular flexibility index (Phi) is 13.2. The number of nitrogens with one attached hydrogen (secondary N) is 3. The Morgan fingerprint density at radius 1 is 1.18 bits per heavy atom. The number of aliphatic imine (C=N–C) groups is 1. The maximum atomic E-state index is 12.1. The lowest BCUT2D eigenvalue weighted by Gasteiger charge is -2.10. The first-order valence-electron chi connectivity index (χ1n) is 9.98. The monoisotopic (exact) mass is 388 g/mol. The average Bonchev–Trinajstić information content (AvgIpc) is 2.67. The van der Waals surface area contributed by atoms with Crippen LogP contribution in [0.25, 0.3) is 0 Å². The maximum absolute atomic E-state index is 12.1. The summed E-state index contributed by atoms with van der Waals surface area (Å²) in [6, 6.07) is 0. The van der Waals surface area contributed by atoms with Crippen molar-refractivity contribution in [3.63, 3.8) is 0 Å². The van der Waals surface area contributed by atoms with Crippen LogP contribution in [0.2, 0.25) is 0 Å². The van der Waals surface area contributed by atoms with E-state index in [9.17, 15) is 9.59 Å². The van der Waals surface area contributed by atoms with Crippen LogP contribution in [0.15, 0.2) is 40.7 Å². The van der Waals surface area contributed by atoms with Crippen LogP contribution in [0.5, 0.6) is 0 Å². The zero-order valence-electron chi connectivity index (χ0n) is 18.0. The molecule has 0 spiro atoms. The van der Waals surface area contributed by atoms with Crippen molar-refractivity contribution in [2.24, 2.45) is 10.9 Å². The van der Waals surface area contributed by atoms with Crippen molar-refractivity contribution in [2.45, 2.75) is 66.7 Å². The van der Waals surface area contributed by atoms with Crippen molar-refractivity contribution in [3.8, 4) is 0 Å². The minimum Gasteiger partial charge on any atom is -0.352 e. The molecule has 0 aliphatic heterocycles. The Hall–Kier alpha value is -2.50. The van der Waals surface area contributed by atoms with Gasteiger partial charge in [0.05, 0.1) is 11.4 Å². The highest BCUT2D eigenvalue weighted by Gasteiger charge is 2.09. The second kappa shape index (κ2) is 14.5. The van der Waals surface area contributed by atoms with E-state index in [1.807, 2.05) is 34.6 Å². The molecule has 6 nitrogen and oxygen atoms in total. The number of hydrogen-bond donors (Lipinski definition) is 3. The Bertz CT molecular complexity index is 643. The van der Waals surface area contributed by atoms with Gasteiger partial charge >= 0.3 is 0 Å². The first-order valence-corrected chi connectivity index (χ1v) is 9.98. The molecule has 0 saturated carbocycles. The van der Waals surface area contributed by atoms with Gasteiger partial charge in [-0.05, 0) is 45.1 Å². The summed E-state index contributed by atoms with van der Waals surface area (Å²) in [7, 11) is 0. The summed E-state index contributed by atoms with van der Waals surface area (Å²) in [5.74, 6) is -0.0550. The minimum atomic E-state index is -0.196. The lowest BCUT2D eigenvalue weighted by Crippen LogP contribution is -2.27. The molecule has 0 rings (SSSR count). The molecule has 0 atom stereocenters. The Labute approximate surface area is 169 Å². The molecule has 0 radical (unpaired) electrons. The van der Waals surface area contributed by atoms with Crippen LogP contribution < -0.4 is 10.6 Å². The topological polar surface area (TPSA) is 94.4 Å². The SMILES string of the molecule is C=C(/C=C(/N=CC)C(C)C)C(=O)NCCCCCC(=O)N/C(=C/C)C(=N)CC. The summed E-state index contributed by atoms with van der Waals surface area (Å²) >= 11 is 0. The predicted octanol–water partition coefficient (Wildman–Crippen LogP) is 4.30. The molecule has 6 heteroatoms. The van der Waals surface area contributed by atoms with Crippen molar-refractivity contribution >= 4 is 23.7 Å². The van der Waals surface area contributed by atoms with Gasteiger partial charge in [0, 0.05) is 30.5 Å². The van der Waals surface area contributed by atoms with Gasteiger partial charge < -0.3 is 16.0 Å². The van der Waals surface area contributed by atoms with Gasteiger partial charge in [0.1, 0.15) is 0 Å². The van der Waals surface area contributed by atoms with Gasteiger partial charge in [-0.15, -0.1) is 0 Å². The van der Waals surface area contributed by atoms with Crippen LogP contribution in [-0.4, -0.2) is 30.3 Å². The van der Waals surface area contributed by atoms with E-state index in [0.29, 0.717) is 36.4 Å². The first kappa shape index (κ1) is 25.5. The Morgan fingerprint density at radius 3 is 2.39 bits per heavy atom. The summed E-state index contributed by atoms with van der Waals surface area (Å²) in [6.45, 7) is 13.9. The highest BCUT2D eigenvalue weighted by atomic mass is 16.2. The number of allylic oxidation sites excluding steroid dienone is 3. The van der Waals surface area contributed by atoms with Crippen molar-refractivity contribution < 1.29 is 9.59 Å². The molecule has 0 saturated heterocycles. The molecule has 0 aromatic carbocycles. The van der Waals surface area contributed by atoms with Crippen LogP contribution in [0.3, 0.4) is 0 Å². The predicted molar refractivity (Wildman–Crippen MR) is 118 cm³/mol. The molecule has 28 heavy (non-hydrogen) atoms. The number of carbonyl (C=O) groups excluding carboxylic acids is 2. The van der Waals surface area contributed by atoms with E-state index in [1.54, 1.807) is 18.4 Å². The highest BCUT2D eigenvalue weighted by Crippen LogP contribution is 2.13. The fourth-order valence-electron chi connectivity index (χ4n) is 2.37. The van der Waals surface area contributed by atoms with E-state index >= 15 is 0 Å². The molecule has 0 fully saturated rings. The highest BCUT2D eigenvalue weighted by molar-refractivity contribution is 6.00. The van der Waals surface area contributed by atoms with Gasteiger partial charge in [0.15, 0.2) is 0 Å². The lowest BCUT2D eigenvalue weighted by atomic mass is 10.1. The van der Waals surface area contributed by atoms with E-state index in [2.05, 4.69) is 22.2 Å². The van der Waals surface area contributed by atoms with Crippen molar-refractivity contribution in [1.29, 1.82) is 5.41 Å². The van der Waals surface area contributed by atoms with Crippen molar-refractivity contribution in [1.82, 2.24) is 10.6 Å². The van der Waals surface area contributed by atoms with E-state index in [0.717, 1.165) is 25.0 Å². The van der Waals surface area contributed by atoms with Gasteiger partial charge in [0.2, 0.25) is 5.91 Å². The number of carbonyl (C=O) groups is 2. The van der Waals surface area contributed by atoms with Gasteiger partial charge in [0.25, 0.3) is 5.91 Å². The molecule has 0 aliphatic carbocycles. The Balaban J connectivity index is 4.15. The number of unbranched alkanes of at least 4 members (excludes halogenated alkanes) is 2. The second-order valence-electron chi connectivity index (χ2n) is 6.79. The lowest BCUT2D eigenvalue weighted by molar-refractivity contribution is -0.120. The zero-order valence-corrected chi connectivity index (χ0v) is 18.0. The second-order valence-corrected chi connectivity index (χ2v) is 6.79. The van der Waals surface area contributed by atoms with Crippen LogP contribution >= 0.6 is 0 Å². The molecule has 0 aliphatic rings. The molecule has 0 bridgehead atoms. The van der Waals surface area contributed by atoms with Crippen LogP contribution in [0, 0.1) is 11.3 Å². The van der Waals surface area contributed by atoms with E-state index < -0.39 is 0 Å². The molecule has 0 heterocycles. The standard InChI is InChI=1S/C22H36N4O2/c1-7-18(23)19(8-2)26-21(27)13-11-10-12-14-25-22(28)17(6)15-20(16(4)5)24-9-3/h8-9,15-16,23H,6-7,10-14H2,1-5H3,(H,25,28)(H,26,27)/b19-8+,20-15+,23-18?,24-9?. The number of hydrogen-bond acceptors (Lipinski definition) is 4. The fraction of sp³-hybridized carbons (Fsp3) is 0.545. The summed E-state index contributed by atoms with van der Waals surface area (Å²) in [5, 5.41) is 13.4.